The number of carbonyl (C=O) groups excluding carboxylic acids is 1. The average molecular weight is 407 g/mol. The molecule has 4 N–H and O–H groups in total. The van der Waals surface area contributed by atoms with Crippen LogP contribution in [0.1, 0.15) is 27.2 Å². The molecule has 0 bridgehead atoms. The molecule has 3 aromatic heterocycles. The summed E-state index contributed by atoms with van der Waals surface area (Å²) in [6.45, 7) is 4.59. The molecule has 9 nitrogen and oxygen atoms in total. The van der Waals surface area contributed by atoms with Gasteiger partial charge in [0.1, 0.15) is 23.5 Å². The number of carbonyl (C=O) groups is 1. The lowest BCUT2D eigenvalue weighted by molar-refractivity contribution is 0.100. The highest BCUT2D eigenvalue weighted by atomic mass is 16.5. The van der Waals surface area contributed by atoms with Gasteiger partial charge in [-0.25, -0.2) is 9.97 Å². The highest BCUT2D eigenvalue weighted by Gasteiger charge is 2.26. The standard InChI is InChI=1S/C21H25N7O2/c1-11-6-7-14(30-5)12(2)17(11)28-18(22)15(19(23)29)16-20-24-8-13(9-26(3)4)27(20)10-25-21(16)28/h6-8,10H,9,22H2,1-5H3,(H2,23,29). The molecular formula is C21H25N7O2. The molecule has 4 aromatic rings. The van der Waals surface area contributed by atoms with Gasteiger partial charge in [0.15, 0.2) is 5.65 Å². The van der Waals surface area contributed by atoms with Crippen molar-refractivity contribution in [2.75, 3.05) is 26.9 Å². The zero-order chi connectivity index (χ0) is 21.7. The van der Waals surface area contributed by atoms with E-state index in [1.165, 1.54) is 0 Å². The first-order valence-corrected chi connectivity index (χ1v) is 9.50. The van der Waals surface area contributed by atoms with Crippen molar-refractivity contribution in [3.05, 3.63) is 47.0 Å². The van der Waals surface area contributed by atoms with E-state index in [4.69, 9.17) is 16.2 Å². The molecule has 3 heterocycles. The molecule has 1 amide bonds. The minimum Gasteiger partial charge on any atom is -0.496 e. The number of rotatable bonds is 5. The number of hydrogen-bond acceptors (Lipinski definition) is 6. The number of imidazole rings is 1. The van der Waals surface area contributed by atoms with Crippen molar-refractivity contribution in [2.24, 2.45) is 5.73 Å². The first-order chi connectivity index (χ1) is 14.3. The van der Waals surface area contributed by atoms with Crippen molar-refractivity contribution in [3.8, 4) is 11.4 Å². The topological polar surface area (TPSA) is 117 Å². The zero-order valence-electron chi connectivity index (χ0n) is 17.7. The quantitative estimate of drug-likeness (QED) is 0.523. The third-order valence-corrected chi connectivity index (χ3v) is 5.33. The average Bonchev–Trinajstić information content (AvgIpc) is 3.20. The largest absolute Gasteiger partial charge is 0.496 e. The van der Waals surface area contributed by atoms with E-state index in [2.05, 4.69) is 9.97 Å². The highest BCUT2D eigenvalue weighted by Crippen LogP contribution is 2.37. The van der Waals surface area contributed by atoms with Gasteiger partial charge in [-0.05, 0) is 39.6 Å². The van der Waals surface area contributed by atoms with Crippen molar-refractivity contribution >= 4 is 28.4 Å². The van der Waals surface area contributed by atoms with Crippen LogP contribution in [0.4, 0.5) is 5.82 Å². The van der Waals surface area contributed by atoms with Gasteiger partial charge in [-0.3, -0.25) is 13.8 Å². The van der Waals surface area contributed by atoms with Gasteiger partial charge >= 0.3 is 0 Å². The van der Waals surface area contributed by atoms with Crippen LogP contribution < -0.4 is 16.2 Å². The van der Waals surface area contributed by atoms with Crippen molar-refractivity contribution in [2.45, 2.75) is 20.4 Å². The number of nitrogens with zero attached hydrogens (tertiary/aromatic N) is 5. The summed E-state index contributed by atoms with van der Waals surface area (Å²) < 4.78 is 9.12. The highest BCUT2D eigenvalue weighted by molar-refractivity contribution is 6.15. The van der Waals surface area contributed by atoms with Gasteiger partial charge in [-0.15, -0.1) is 0 Å². The Labute approximate surface area is 173 Å². The summed E-state index contributed by atoms with van der Waals surface area (Å²) in [7, 11) is 5.57. The predicted octanol–water partition coefficient (Wildman–Crippen LogP) is 2.04. The first kappa shape index (κ1) is 19.7. The molecule has 0 atom stereocenters. The maximum Gasteiger partial charge on any atom is 0.253 e. The minimum atomic E-state index is -0.624. The molecule has 0 unspecified atom stereocenters. The Balaban J connectivity index is 2.14. The van der Waals surface area contributed by atoms with Gasteiger partial charge in [0.05, 0.1) is 35.6 Å². The molecule has 1 aromatic carbocycles. The molecule has 0 aliphatic rings. The number of amides is 1. The number of benzene rings is 1. The van der Waals surface area contributed by atoms with Crippen LogP contribution in [-0.2, 0) is 6.54 Å². The number of hydrogen-bond donors (Lipinski definition) is 2. The van der Waals surface area contributed by atoms with Gasteiger partial charge in [-0.1, -0.05) is 6.07 Å². The Morgan fingerprint density at radius 3 is 2.57 bits per heavy atom. The third-order valence-electron chi connectivity index (χ3n) is 5.33. The summed E-state index contributed by atoms with van der Waals surface area (Å²) in [5.74, 6) is 0.323. The fourth-order valence-corrected chi connectivity index (χ4v) is 4.03. The van der Waals surface area contributed by atoms with Gasteiger partial charge in [0, 0.05) is 12.1 Å². The van der Waals surface area contributed by atoms with Gasteiger partial charge in [-0.2, -0.15) is 0 Å². The number of nitrogens with two attached hydrogens (primary N) is 2. The van der Waals surface area contributed by atoms with E-state index in [1.807, 2.05) is 49.4 Å². The van der Waals surface area contributed by atoms with Crippen LogP contribution in [0.25, 0.3) is 22.4 Å². The second-order valence-electron chi connectivity index (χ2n) is 7.64. The second-order valence-corrected chi connectivity index (χ2v) is 7.64. The molecule has 0 aliphatic carbocycles. The number of primary amides is 1. The lowest BCUT2D eigenvalue weighted by Gasteiger charge is -2.16. The smallest absolute Gasteiger partial charge is 0.253 e. The monoisotopic (exact) mass is 407 g/mol. The number of ether oxygens (including phenoxy) is 1. The number of aromatic nitrogens is 4. The van der Waals surface area contributed by atoms with Crippen LogP contribution >= 0.6 is 0 Å². The van der Waals surface area contributed by atoms with E-state index in [0.717, 1.165) is 22.5 Å². The Morgan fingerprint density at radius 2 is 1.93 bits per heavy atom. The van der Waals surface area contributed by atoms with Crippen LogP contribution in [-0.4, -0.2) is 50.9 Å². The van der Waals surface area contributed by atoms with Crippen LogP contribution in [0.2, 0.25) is 0 Å². The van der Waals surface area contributed by atoms with Gasteiger partial charge in [0.2, 0.25) is 0 Å². The Hall–Kier alpha value is -3.59. The minimum absolute atomic E-state index is 0.215. The summed E-state index contributed by atoms with van der Waals surface area (Å²) in [6, 6.07) is 3.85. The summed E-state index contributed by atoms with van der Waals surface area (Å²) in [6.07, 6.45) is 3.48. The van der Waals surface area contributed by atoms with Crippen molar-refractivity contribution in [3.63, 3.8) is 0 Å². The molecule has 0 saturated heterocycles. The maximum atomic E-state index is 12.4. The summed E-state index contributed by atoms with van der Waals surface area (Å²) in [4.78, 5) is 23.7. The molecule has 4 rings (SSSR count). The SMILES string of the molecule is COc1ccc(C)c(-n2c(N)c(C(N)=O)c3c2ncn2c(CN(C)C)cnc32)c1C. The molecule has 156 valence electrons. The molecule has 0 saturated carbocycles. The summed E-state index contributed by atoms with van der Waals surface area (Å²) in [5.41, 5.74) is 17.2. The fourth-order valence-electron chi connectivity index (χ4n) is 4.03. The van der Waals surface area contributed by atoms with E-state index in [0.29, 0.717) is 29.0 Å². The molecule has 0 aliphatic heterocycles. The van der Waals surface area contributed by atoms with E-state index in [-0.39, 0.29) is 11.4 Å². The maximum absolute atomic E-state index is 12.4. The number of nitrogen functional groups attached to an aromatic ring is 1. The normalized spacial score (nSPS) is 11.7. The van der Waals surface area contributed by atoms with Crippen LogP contribution in [0.15, 0.2) is 24.7 Å². The van der Waals surface area contributed by atoms with Crippen molar-refractivity contribution in [1.82, 2.24) is 23.8 Å². The van der Waals surface area contributed by atoms with Crippen LogP contribution in [0.3, 0.4) is 0 Å². The van der Waals surface area contributed by atoms with Crippen molar-refractivity contribution < 1.29 is 9.53 Å². The molecule has 0 spiro atoms. The molecular weight excluding hydrogens is 382 g/mol. The molecule has 0 radical (unpaired) electrons. The number of anilines is 1. The third kappa shape index (κ3) is 2.78. The van der Waals surface area contributed by atoms with E-state index >= 15 is 0 Å². The number of methoxy groups -OCH3 is 1. The summed E-state index contributed by atoms with van der Waals surface area (Å²) >= 11 is 0. The van der Waals surface area contributed by atoms with E-state index in [1.54, 1.807) is 24.2 Å². The second kappa shape index (κ2) is 7.03. The lowest BCUT2D eigenvalue weighted by atomic mass is 10.1. The fraction of sp³-hybridized carbons (Fsp3) is 0.286. The Bertz CT molecular complexity index is 1300. The first-order valence-electron chi connectivity index (χ1n) is 9.50. The number of fused-ring (bicyclic) bond motifs is 3. The molecule has 0 fully saturated rings. The van der Waals surface area contributed by atoms with E-state index in [9.17, 15) is 4.79 Å². The van der Waals surface area contributed by atoms with Crippen LogP contribution in [0.5, 0.6) is 5.75 Å². The Kier molecular flexibility index (Phi) is 4.62. The molecule has 9 heteroatoms. The molecule has 30 heavy (non-hydrogen) atoms. The van der Waals surface area contributed by atoms with E-state index < -0.39 is 5.91 Å². The number of aryl methyl sites for hydroxylation is 1. The predicted molar refractivity (Wildman–Crippen MR) is 116 cm³/mol. The lowest BCUT2D eigenvalue weighted by Crippen LogP contribution is -2.14. The van der Waals surface area contributed by atoms with Crippen molar-refractivity contribution in [1.29, 1.82) is 0 Å². The van der Waals surface area contributed by atoms with Gasteiger partial charge in [0.25, 0.3) is 5.91 Å². The summed E-state index contributed by atoms with van der Waals surface area (Å²) in [5, 5.41) is 0.536. The van der Waals surface area contributed by atoms with Crippen LogP contribution in [0, 0.1) is 13.8 Å². The Morgan fingerprint density at radius 1 is 1.20 bits per heavy atom. The van der Waals surface area contributed by atoms with Gasteiger partial charge < -0.3 is 21.1 Å². The zero-order valence-corrected chi connectivity index (χ0v) is 17.7.